The molecule has 1 saturated carbocycles. The van der Waals surface area contributed by atoms with Crippen molar-refractivity contribution in [1.29, 1.82) is 0 Å². The average molecular weight is 385 g/mol. The predicted octanol–water partition coefficient (Wildman–Crippen LogP) is 4.42. The van der Waals surface area contributed by atoms with Gasteiger partial charge in [-0.15, -0.1) is 0 Å². The Morgan fingerprint density at radius 1 is 1.35 bits per heavy atom. The third kappa shape index (κ3) is 4.20. The molecule has 1 heterocycles. The zero-order chi connectivity index (χ0) is 18.9. The van der Waals surface area contributed by atoms with Crippen LogP contribution in [-0.2, 0) is 17.0 Å². The molecule has 1 aromatic carbocycles. The normalized spacial score (nSPS) is 26.2. The van der Waals surface area contributed by atoms with Crippen LogP contribution in [-0.4, -0.2) is 30.4 Å². The number of hydrogen-bond donors (Lipinski definition) is 1. The van der Waals surface area contributed by atoms with Gasteiger partial charge in [-0.25, -0.2) is 8.78 Å². The molecule has 2 fully saturated rings. The van der Waals surface area contributed by atoms with Gasteiger partial charge in [-0.3, -0.25) is 9.69 Å². The first-order chi connectivity index (χ1) is 12.3. The van der Waals surface area contributed by atoms with Gasteiger partial charge < -0.3 is 5.32 Å². The number of nitrogens with one attached hydrogen (secondary N) is 1. The first-order valence-electron chi connectivity index (χ1n) is 9.46. The summed E-state index contributed by atoms with van der Waals surface area (Å²) in [5.41, 5.74) is -1.12. The van der Waals surface area contributed by atoms with Gasteiger partial charge in [0.15, 0.2) is 0 Å². The van der Waals surface area contributed by atoms with Gasteiger partial charge >= 0.3 is 0 Å². The predicted molar refractivity (Wildman–Crippen MR) is 99.3 cm³/mol. The molecule has 1 saturated heterocycles. The maximum absolute atomic E-state index is 15.1. The zero-order valence-electron chi connectivity index (χ0n) is 15.5. The molecule has 0 spiro atoms. The Hall–Kier alpha value is -1.20. The lowest BCUT2D eigenvalue weighted by atomic mass is 9.68. The van der Waals surface area contributed by atoms with Crippen molar-refractivity contribution in [3.63, 3.8) is 0 Å². The van der Waals surface area contributed by atoms with E-state index in [0.29, 0.717) is 29.6 Å². The highest BCUT2D eigenvalue weighted by Crippen LogP contribution is 2.50. The second-order valence-corrected chi connectivity index (χ2v) is 8.52. The second-order valence-electron chi connectivity index (χ2n) is 8.12. The van der Waals surface area contributed by atoms with Crippen LogP contribution >= 0.6 is 11.6 Å². The SMILES string of the molecule is CC(C)CNC(=O)[C@H]1C[C@@](F)(c2cc(Cl)c(CN3CCCC3)cc2F)C1. The lowest BCUT2D eigenvalue weighted by Gasteiger charge is -2.41. The van der Waals surface area contributed by atoms with Crippen LogP contribution < -0.4 is 5.32 Å². The highest BCUT2D eigenvalue weighted by Gasteiger charge is 2.50. The first kappa shape index (κ1) is 19.6. The molecule has 6 heteroatoms. The molecule has 1 N–H and O–H groups in total. The minimum Gasteiger partial charge on any atom is -0.356 e. The molecule has 1 amide bonds. The van der Waals surface area contributed by atoms with Crippen LogP contribution in [0.4, 0.5) is 8.78 Å². The molecule has 0 unspecified atom stereocenters. The molecule has 0 aromatic heterocycles. The number of rotatable bonds is 6. The monoisotopic (exact) mass is 384 g/mol. The molecule has 0 atom stereocenters. The Morgan fingerprint density at radius 2 is 2.00 bits per heavy atom. The van der Waals surface area contributed by atoms with E-state index in [9.17, 15) is 9.18 Å². The lowest BCUT2D eigenvalue weighted by molar-refractivity contribution is -0.134. The quantitative estimate of drug-likeness (QED) is 0.787. The van der Waals surface area contributed by atoms with Gasteiger partial charge in [0.05, 0.1) is 0 Å². The van der Waals surface area contributed by atoms with E-state index in [1.165, 1.54) is 12.1 Å². The molecular formula is C20H27ClF2N2O. The molecule has 1 aromatic rings. The van der Waals surface area contributed by atoms with Gasteiger partial charge in [0.2, 0.25) is 5.91 Å². The Labute approximate surface area is 159 Å². The summed E-state index contributed by atoms with van der Waals surface area (Å²) < 4.78 is 29.7. The molecule has 3 rings (SSSR count). The topological polar surface area (TPSA) is 32.3 Å². The summed E-state index contributed by atoms with van der Waals surface area (Å²) in [5.74, 6) is -0.772. The smallest absolute Gasteiger partial charge is 0.223 e. The third-order valence-corrected chi connectivity index (χ3v) is 5.76. The largest absolute Gasteiger partial charge is 0.356 e. The van der Waals surface area contributed by atoms with Gasteiger partial charge in [-0.2, -0.15) is 0 Å². The number of carbonyl (C=O) groups excluding carboxylic acids is 1. The maximum Gasteiger partial charge on any atom is 0.223 e. The maximum atomic E-state index is 15.1. The summed E-state index contributed by atoms with van der Waals surface area (Å²) in [6.07, 6.45) is 2.31. The number of amides is 1. The Bertz CT molecular complexity index is 668. The number of alkyl halides is 1. The van der Waals surface area contributed by atoms with Crippen LogP contribution in [0.5, 0.6) is 0 Å². The highest BCUT2D eigenvalue weighted by molar-refractivity contribution is 6.31. The molecule has 1 aliphatic carbocycles. The van der Waals surface area contributed by atoms with Crippen molar-refractivity contribution in [1.82, 2.24) is 10.2 Å². The Morgan fingerprint density at radius 3 is 2.62 bits per heavy atom. The van der Waals surface area contributed by atoms with Crippen LogP contribution in [0.15, 0.2) is 12.1 Å². The van der Waals surface area contributed by atoms with Crippen molar-refractivity contribution in [2.45, 2.75) is 51.7 Å². The van der Waals surface area contributed by atoms with E-state index >= 15 is 4.39 Å². The van der Waals surface area contributed by atoms with E-state index in [1.807, 2.05) is 13.8 Å². The minimum absolute atomic E-state index is 0.00957. The van der Waals surface area contributed by atoms with E-state index in [0.717, 1.165) is 25.9 Å². The number of hydrogen-bond acceptors (Lipinski definition) is 2. The molecule has 2 aliphatic rings. The highest BCUT2D eigenvalue weighted by atomic mass is 35.5. The summed E-state index contributed by atoms with van der Waals surface area (Å²) in [6, 6.07) is 2.79. The van der Waals surface area contributed by atoms with Crippen molar-refractivity contribution >= 4 is 17.5 Å². The zero-order valence-corrected chi connectivity index (χ0v) is 16.2. The van der Waals surface area contributed by atoms with Crippen molar-refractivity contribution in [2.75, 3.05) is 19.6 Å². The van der Waals surface area contributed by atoms with E-state index in [2.05, 4.69) is 10.2 Å². The van der Waals surface area contributed by atoms with Gasteiger partial charge in [0, 0.05) is 29.6 Å². The standard InChI is InChI=1S/C20H27ClF2N2O/c1-13(2)11-24-19(26)15-9-20(23,10-15)16-8-17(21)14(7-18(16)22)12-25-5-3-4-6-25/h7-8,13,15H,3-6,9-12H2,1-2H3,(H,24,26)/t15-,20-. The summed E-state index contributed by atoms with van der Waals surface area (Å²) in [7, 11) is 0. The Balaban J connectivity index is 1.66. The molecule has 0 bridgehead atoms. The van der Waals surface area contributed by atoms with Crippen LogP contribution in [0.2, 0.25) is 5.02 Å². The number of carbonyl (C=O) groups is 1. The molecule has 1 aliphatic heterocycles. The van der Waals surface area contributed by atoms with Gasteiger partial charge in [-0.05, 0) is 62.4 Å². The second kappa shape index (κ2) is 7.81. The molecule has 144 valence electrons. The fourth-order valence-electron chi connectivity index (χ4n) is 3.81. The molecular weight excluding hydrogens is 358 g/mol. The van der Waals surface area contributed by atoms with Crippen molar-refractivity contribution in [2.24, 2.45) is 11.8 Å². The molecule has 0 radical (unpaired) electrons. The van der Waals surface area contributed by atoms with Crippen LogP contribution in [0, 0.1) is 17.7 Å². The van der Waals surface area contributed by atoms with Crippen molar-refractivity contribution in [3.8, 4) is 0 Å². The fraction of sp³-hybridized carbons (Fsp3) is 0.650. The minimum atomic E-state index is -1.81. The number of halogens is 3. The lowest BCUT2D eigenvalue weighted by Crippen LogP contribution is -2.46. The van der Waals surface area contributed by atoms with Gasteiger partial charge in [0.25, 0.3) is 0 Å². The van der Waals surface area contributed by atoms with Crippen molar-refractivity contribution in [3.05, 3.63) is 34.1 Å². The van der Waals surface area contributed by atoms with Crippen LogP contribution in [0.3, 0.4) is 0 Å². The first-order valence-corrected chi connectivity index (χ1v) is 9.83. The van der Waals surface area contributed by atoms with E-state index in [-0.39, 0.29) is 24.3 Å². The number of nitrogens with zero attached hydrogens (tertiary/aromatic N) is 1. The summed E-state index contributed by atoms with van der Waals surface area (Å²) >= 11 is 6.31. The van der Waals surface area contributed by atoms with Gasteiger partial charge in [-0.1, -0.05) is 25.4 Å². The van der Waals surface area contributed by atoms with Crippen molar-refractivity contribution < 1.29 is 13.6 Å². The van der Waals surface area contributed by atoms with Crippen LogP contribution in [0.1, 0.15) is 50.7 Å². The fourth-order valence-corrected chi connectivity index (χ4v) is 4.03. The van der Waals surface area contributed by atoms with E-state index in [1.54, 1.807) is 0 Å². The number of likely N-dealkylation sites (tertiary alicyclic amines) is 1. The average Bonchev–Trinajstić information content (AvgIpc) is 3.05. The third-order valence-electron chi connectivity index (χ3n) is 5.41. The van der Waals surface area contributed by atoms with Crippen LogP contribution in [0.25, 0.3) is 0 Å². The summed E-state index contributed by atoms with van der Waals surface area (Å²) in [4.78, 5) is 14.3. The molecule has 3 nitrogen and oxygen atoms in total. The number of benzene rings is 1. The molecule has 26 heavy (non-hydrogen) atoms. The summed E-state index contributed by atoms with van der Waals surface area (Å²) in [6.45, 7) is 7.14. The summed E-state index contributed by atoms with van der Waals surface area (Å²) in [5, 5.41) is 3.22. The Kier molecular flexibility index (Phi) is 5.88. The van der Waals surface area contributed by atoms with Gasteiger partial charge in [0.1, 0.15) is 11.5 Å². The van der Waals surface area contributed by atoms with E-state index in [4.69, 9.17) is 11.6 Å². The van der Waals surface area contributed by atoms with E-state index < -0.39 is 17.4 Å².